The molecule has 3 heterocycles. The van der Waals surface area contributed by atoms with Crippen LogP contribution < -0.4 is 0 Å². The average Bonchev–Trinajstić information content (AvgIpc) is 3.62. The van der Waals surface area contributed by atoms with Crippen molar-refractivity contribution < 1.29 is 32.7 Å². The number of amides is 3. The fourth-order valence-corrected chi connectivity index (χ4v) is 7.04. The molecule has 0 aromatic heterocycles. The molecule has 3 atom stereocenters. The van der Waals surface area contributed by atoms with Crippen molar-refractivity contribution in [1.82, 2.24) is 19.6 Å². The van der Waals surface area contributed by atoms with E-state index in [1.807, 2.05) is 6.19 Å². The molecule has 1 aromatic carbocycles. The van der Waals surface area contributed by atoms with Crippen molar-refractivity contribution in [3.05, 3.63) is 29.8 Å². The largest absolute Gasteiger partial charge is 0.465 e. The van der Waals surface area contributed by atoms with Crippen molar-refractivity contribution in [2.75, 3.05) is 26.2 Å². The van der Waals surface area contributed by atoms with Crippen LogP contribution in [-0.2, 0) is 15.8 Å². The van der Waals surface area contributed by atoms with E-state index in [-0.39, 0.29) is 36.2 Å². The predicted molar refractivity (Wildman–Crippen MR) is 134 cm³/mol. The van der Waals surface area contributed by atoms with E-state index < -0.39 is 35.8 Å². The van der Waals surface area contributed by atoms with E-state index in [1.54, 1.807) is 6.07 Å². The third-order valence-electron chi connectivity index (χ3n) is 8.10. The van der Waals surface area contributed by atoms with Gasteiger partial charge in [0.2, 0.25) is 5.91 Å². The van der Waals surface area contributed by atoms with E-state index in [4.69, 9.17) is 0 Å². The molecular weight excluding hydrogens is 535 g/mol. The van der Waals surface area contributed by atoms with Crippen molar-refractivity contribution in [2.45, 2.75) is 79.0 Å². The second kappa shape index (κ2) is 10.9. The number of hydrogen-bond acceptors (Lipinski definition) is 6. The first-order chi connectivity index (χ1) is 18.6. The van der Waals surface area contributed by atoms with Gasteiger partial charge in [0, 0.05) is 48.4 Å². The van der Waals surface area contributed by atoms with E-state index >= 15 is 0 Å². The fourth-order valence-electron chi connectivity index (χ4n) is 5.79. The highest BCUT2D eigenvalue weighted by Crippen LogP contribution is 2.39. The molecule has 3 aliphatic heterocycles. The number of hydrogen-bond donors (Lipinski definition) is 1. The van der Waals surface area contributed by atoms with Gasteiger partial charge < -0.3 is 14.9 Å². The molecule has 1 saturated carbocycles. The van der Waals surface area contributed by atoms with E-state index in [9.17, 15) is 37.9 Å². The first-order valence-corrected chi connectivity index (χ1v) is 14.1. The van der Waals surface area contributed by atoms with Gasteiger partial charge in [0.05, 0.1) is 11.6 Å². The number of thioether (sulfide) groups is 1. The van der Waals surface area contributed by atoms with Crippen LogP contribution in [0.1, 0.15) is 44.1 Å². The average molecular weight is 566 g/mol. The Morgan fingerprint density at radius 3 is 2.33 bits per heavy atom. The normalized spacial score (nSPS) is 26.2. The zero-order chi connectivity index (χ0) is 27.9. The number of benzene rings is 1. The molecule has 9 nitrogen and oxygen atoms in total. The summed E-state index contributed by atoms with van der Waals surface area (Å²) in [6, 6.07) is 3.64. The quantitative estimate of drug-likeness (QED) is 0.416. The number of carbonyl (C=O) groups is 3. The molecule has 210 valence electrons. The number of piperidine rings is 1. The topological polar surface area (TPSA) is 108 Å². The highest BCUT2D eigenvalue weighted by Gasteiger charge is 2.49. The van der Waals surface area contributed by atoms with Crippen LogP contribution in [0.3, 0.4) is 0 Å². The van der Waals surface area contributed by atoms with Gasteiger partial charge in [-0.25, -0.2) is 9.69 Å². The molecule has 1 unspecified atom stereocenters. The third-order valence-corrected chi connectivity index (χ3v) is 9.30. The summed E-state index contributed by atoms with van der Waals surface area (Å²) in [5.41, 5.74) is -0.755. The lowest BCUT2D eigenvalue weighted by atomic mass is 9.93. The first kappa shape index (κ1) is 27.6. The maximum absolute atomic E-state index is 13.8. The Kier molecular flexibility index (Phi) is 7.70. The highest BCUT2D eigenvalue weighted by atomic mass is 32.2. The molecule has 1 N–H and O–H groups in total. The van der Waals surface area contributed by atoms with Gasteiger partial charge in [0.25, 0.3) is 5.91 Å². The maximum Gasteiger partial charge on any atom is 0.416 e. The van der Waals surface area contributed by atoms with Crippen LogP contribution in [0.4, 0.5) is 18.0 Å². The van der Waals surface area contributed by atoms with Crippen molar-refractivity contribution in [3.8, 4) is 6.19 Å². The van der Waals surface area contributed by atoms with Gasteiger partial charge in [0.1, 0.15) is 6.04 Å². The van der Waals surface area contributed by atoms with Gasteiger partial charge in [-0.3, -0.25) is 14.5 Å². The Morgan fingerprint density at radius 1 is 1.05 bits per heavy atom. The van der Waals surface area contributed by atoms with Crippen LogP contribution in [0, 0.1) is 11.5 Å². The van der Waals surface area contributed by atoms with Crippen LogP contribution >= 0.6 is 11.8 Å². The summed E-state index contributed by atoms with van der Waals surface area (Å²) >= 11 is 1.21. The van der Waals surface area contributed by atoms with E-state index in [0.717, 1.165) is 29.9 Å². The number of likely N-dealkylation sites (tertiary alicyclic amines) is 3. The van der Waals surface area contributed by atoms with Gasteiger partial charge in [-0.15, -0.1) is 11.8 Å². The SMILES string of the molecule is N#CN(C(=O)[C@@H]1C[C@@H](Sc2cccc(C(F)(F)F)c2)CN1C(=O)C1CCN1C1CCN(C(=O)O)CC1)C1CC1. The maximum atomic E-state index is 13.8. The standard InChI is InChI=1S/C26H30F3N5O4S/c27-26(28,29)16-2-1-3-19(12-16)39-20-13-22(24(36)34(15-30)17-4-5-17)33(14-20)23(35)21-8-11-32(21)18-6-9-31(10-7-18)25(37)38/h1-3,12,17-18,20-22H,4-11,13-14H2,(H,37,38)/t20-,21?,22+/m1/s1. The molecule has 3 saturated heterocycles. The molecule has 0 bridgehead atoms. The minimum atomic E-state index is -4.47. The first-order valence-electron chi connectivity index (χ1n) is 13.2. The van der Waals surface area contributed by atoms with Gasteiger partial charge in [-0.1, -0.05) is 6.07 Å². The van der Waals surface area contributed by atoms with Crippen molar-refractivity contribution in [1.29, 1.82) is 5.26 Å². The van der Waals surface area contributed by atoms with Crippen LogP contribution in [0.25, 0.3) is 0 Å². The minimum Gasteiger partial charge on any atom is -0.465 e. The molecular formula is C26H30F3N5O4S. The Balaban J connectivity index is 1.31. The number of carbonyl (C=O) groups excluding carboxylic acids is 2. The zero-order valence-corrected chi connectivity index (χ0v) is 22.0. The summed E-state index contributed by atoms with van der Waals surface area (Å²) in [5.74, 6) is -0.637. The van der Waals surface area contributed by atoms with Gasteiger partial charge in [-0.05, 0) is 56.7 Å². The molecule has 13 heteroatoms. The minimum absolute atomic E-state index is 0.0670. The van der Waals surface area contributed by atoms with Crippen LogP contribution in [0.5, 0.6) is 0 Å². The Hall–Kier alpha value is -2.98. The summed E-state index contributed by atoms with van der Waals surface area (Å²) in [6.45, 7) is 1.70. The summed E-state index contributed by atoms with van der Waals surface area (Å²) in [5, 5.41) is 18.5. The van der Waals surface area contributed by atoms with Crippen LogP contribution in [0.15, 0.2) is 29.2 Å². The fraction of sp³-hybridized carbons (Fsp3) is 0.615. The van der Waals surface area contributed by atoms with E-state index in [1.165, 1.54) is 27.6 Å². The van der Waals surface area contributed by atoms with Gasteiger partial charge in [0.15, 0.2) is 6.19 Å². The molecule has 3 amide bonds. The monoisotopic (exact) mass is 565 g/mol. The summed E-state index contributed by atoms with van der Waals surface area (Å²) in [7, 11) is 0. The molecule has 4 fully saturated rings. The number of carboxylic acid groups (broad SMARTS) is 1. The number of rotatable bonds is 6. The van der Waals surface area contributed by atoms with Crippen molar-refractivity contribution in [2.24, 2.45) is 0 Å². The Morgan fingerprint density at radius 2 is 1.77 bits per heavy atom. The third kappa shape index (κ3) is 5.82. The summed E-state index contributed by atoms with van der Waals surface area (Å²) in [6.07, 6.45) is 0.113. The predicted octanol–water partition coefficient (Wildman–Crippen LogP) is 3.46. The molecule has 0 radical (unpaired) electrons. The second-order valence-corrected chi connectivity index (χ2v) is 12.0. The van der Waals surface area contributed by atoms with Crippen LogP contribution in [-0.4, -0.2) is 98.2 Å². The molecule has 5 rings (SSSR count). The van der Waals surface area contributed by atoms with Gasteiger partial charge in [-0.2, -0.15) is 18.4 Å². The Labute approximate surface area is 228 Å². The second-order valence-electron chi connectivity index (χ2n) is 10.6. The zero-order valence-electron chi connectivity index (χ0n) is 21.2. The smallest absolute Gasteiger partial charge is 0.416 e. The molecule has 39 heavy (non-hydrogen) atoms. The van der Waals surface area contributed by atoms with Crippen LogP contribution in [0.2, 0.25) is 0 Å². The number of nitriles is 1. The lowest BCUT2D eigenvalue weighted by Gasteiger charge is -2.48. The molecule has 1 aromatic rings. The van der Waals surface area contributed by atoms with Crippen molar-refractivity contribution >= 4 is 29.7 Å². The summed E-state index contributed by atoms with van der Waals surface area (Å²) in [4.78, 5) is 45.1. The number of halogens is 3. The number of alkyl halides is 3. The Bertz CT molecular complexity index is 1160. The molecule has 1 aliphatic carbocycles. The lowest BCUT2D eigenvalue weighted by Crippen LogP contribution is -2.63. The molecule has 4 aliphatic rings. The highest BCUT2D eigenvalue weighted by molar-refractivity contribution is 8.00. The summed E-state index contributed by atoms with van der Waals surface area (Å²) < 4.78 is 39.7. The van der Waals surface area contributed by atoms with E-state index in [2.05, 4.69) is 4.90 Å². The van der Waals surface area contributed by atoms with Crippen molar-refractivity contribution in [3.63, 3.8) is 0 Å². The molecule has 0 spiro atoms. The lowest BCUT2D eigenvalue weighted by molar-refractivity contribution is -0.150. The van der Waals surface area contributed by atoms with E-state index in [0.29, 0.717) is 43.8 Å². The number of nitrogens with zero attached hydrogens (tertiary/aromatic N) is 5. The van der Waals surface area contributed by atoms with Gasteiger partial charge >= 0.3 is 12.3 Å².